The number of hydrazine groups is 1. The van der Waals surface area contributed by atoms with Gasteiger partial charge in [-0.1, -0.05) is 18.2 Å². The molecule has 8 heteroatoms. The van der Waals surface area contributed by atoms with Crippen molar-refractivity contribution in [1.29, 1.82) is 0 Å². The number of para-hydroxylation sites is 1. The molecule has 0 aliphatic heterocycles. The molecule has 2 aromatic rings. The SMILES string of the molecule is CC(Oc1ccc(F)cc1)C(=O)NNC(=O)COCCOc1ccccc1. The van der Waals surface area contributed by atoms with Crippen LogP contribution in [0, 0.1) is 5.82 Å². The molecule has 2 amide bonds. The standard InChI is InChI=1S/C19H21FN2O5/c1-14(27-17-9-7-15(20)8-10-17)19(24)22-21-18(23)13-25-11-12-26-16-5-3-2-4-6-16/h2-10,14H,11-13H2,1H3,(H,21,23)(H,22,24). The summed E-state index contributed by atoms with van der Waals surface area (Å²) >= 11 is 0. The molecule has 1 unspecified atom stereocenters. The second-order valence-corrected chi connectivity index (χ2v) is 5.47. The Morgan fingerprint density at radius 3 is 2.37 bits per heavy atom. The first-order valence-electron chi connectivity index (χ1n) is 8.31. The van der Waals surface area contributed by atoms with Crippen LogP contribution in [-0.2, 0) is 14.3 Å². The van der Waals surface area contributed by atoms with Crippen LogP contribution in [0.25, 0.3) is 0 Å². The summed E-state index contributed by atoms with van der Waals surface area (Å²) in [7, 11) is 0. The topological polar surface area (TPSA) is 85.9 Å². The zero-order valence-electron chi connectivity index (χ0n) is 14.8. The van der Waals surface area contributed by atoms with E-state index in [1.165, 1.54) is 31.2 Å². The van der Waals surface area contributed by atoms with Crippen molar-refractivity contribution in [2.45, 2.75) is 13.0 Å². The monoisotopic (exact) mass is 376 g/mol. The van der Waals surface area contributed by atoms with E-state index in [9.17, 15) is 14.0 Å². The largest absolute Gasteiger partial charge is 0.491 e. The minimum Gasteiger partial charge on any atom is -0.491 e. The van der Waals surface area contributed by atoms with Crippen LogP contribution >= 0.6 is 0 Å². The minimum atomic E-state index is -0.879. The number of halogens is 1. The van der Waals surface area contributed by atoms with E-state index < -0.39 is 23.7 Å². The molecule has 0 spiro atoms. The number of ether oxygens (including phenoxy) is 3. The maximum Gasteiger partial charge on any atom is 0.279 e. The molecular weight excluding hydrogens is 355 g/mol. The van der Waals surface area contributed by atoms with Gasteiger partial charge in [0, 0.05) is 0 Å². The third-order valence-electron chi connectivity index (χ3n) is 3.29. The Hall–Kier alpha value is -3.13. The maximum absolute atomic E-state index is 12.8. The zero-order chi connectivity index (χ0) is 19.5. The average Bonchev–Trinajstić information content (AvgIpc) is 2.68. The smallest absolute Gasteiger partial charge is 0.279 e. The maximum atomic E-state index is 12.8. The van der Waals surface area contributed by atoms with Crippen molar-refractivity contribution >= 4 is 11.8 Å². The van der Waals surface area contributed by atoms with E-state index in [0.717, 1.165) is 0 Å². The number of carbonyl (C=O) groups is 2. The second-order valence-electron chi connectivity index (χ2n) is 5.47. The molecular formula is C19H21FN2O5. The Kier molecular flexibility index (Phi) is 8.05. The summed E-state index contributed by atoms with van der Waals surface area (Å²) in [5.41, 5.74) is 4.45. The van der Waals surface area contributed by atoms with E-state index in [4.69, 9.17) is 14.2 Å². The van der Waals surface area contributed by atoms with E-state index >= 15 is 0 Å². The third-order valence-corrected chi connectivity index (χ3v) is 3.29. The summed E-state index contributed by atoms with van der Waals surface area (Å²) in [5, 5.41) is 0. The average molecular weight is 376 g/mol. The van der Waals surface area contributed by atoms with Crippen molar-refractivity contribution in [1.82, 2.24) is 10.9 Å². The van der Waals surface area contributed by atoms with E-state index in [1.807, 2.05) is 30.3 Å². The number of amides is 2. The van der Waals surface area contributed by atoms with Crippen molar-refractivity contribution in [2.75, 3.05) is 19.8 Å². The Balaban J connectivity index is 1.57. The number of hydrogen-bond donors (Lipinski definition) is 2. The predicted octanol–water partition coefficient (Wildman–Crippen LogP) is 1.84. The summed E-state index contributed by atoms with van der Waals surface area (Å²) in [6.07, 6.45) is -0.879. The first kappa shape index (κ1) is 20.2. The highest BCUT2D eigenvalue weighted by atomic mass is 19.1. The van der Waals surface area contributed by atoms with Crippen LogP contribution in [0.2, 0.25) is 0 Å². The lowest BCUT2D eigenvalue weighted by Gasteiger charge is -2.15. The minimum absolute atomic E-state index is 0.223. The summed E-state index contributed by atoms with van der Waals surface area (Å²) < 4.78 is 28.7. The van der Waals surface area contributed by atoms with Gasteiger partial charge in [0.05, 0.1) is 6.61 Å². The Bertz CT molecular complexity index is 725. The van der Waals surface area contributed by atoms with Crippen molar-refractivity contribution in [3.8, 4) is 11.5 Å². The normalized spacial score (nSPS) is 11.3. The predicted molar refractivity (Wildman–Crippen MR) is 95.5 cm³/mol. The van der Waals surface area contributed by atoms with Gasteiger partial charge in [0.15, 0.2) is 6.10 Å². The summed E-state index contributed by atoms with van der Waals surface area (Å²) in [4.78, 5) is 23.5. The van der Waals surface area contributed by atoms with Gasteiger partial charge in [0.25, 0.3) is 11.8 Å². The van der Waals surface area contributed by atoms with Gasteiger partial charge in [0.2, 0.25) is 0 Å². The molecule has 0 saturated carbocycles. The fraction of sp³-hybridized carbons (Fsp3) is 0.263. The van der Waals surface area contributed by atoms with Crippen molar-refractivity contribution in [3.05, 3.63) is 60.4 Å². The molecule has 1 atom stereocenters. The van der Waals surface area contributed by atoms with Crippen LogP contribution in [-0.4, -0.2) is 37.7 Å². The number of hydrogen-bond acceptors (Lipinski definition) is 5. The molecule has 0 heterocycles. The van der Waals surface area contributed by atoms with Crippen LogP contribution in [0.3, 0.4) is 0 Å². The van der Waals surface area contributed by atoms with Crippen molar-refractivity contribution in [2.24, 2.45) is 0 Å². The lowest BCUT2D eigenvalue weighted by molar-refractivity contribution is -0.134. The van der Waals surface area contributed by atoms with E-state index in [1.54, 1.807) is 0 Å². The highest BCUT2D eigenvalue weighted by molar-refractivity contribution is 5.85. The molecule has 0 bridgehead atoms. The molecule has 27 heavy (non-hydrogen) atoms. The Morgan fingerprint density at radius 1 is 0.963 bits per heavy atom. The van der Waals surface area contributed by atoms with Gasteiger partial charge in [-0.2, -0.15) is 0 Å². The third kappa shape index (κ3) is 7.74. The van der Waals surface area contributed by atoms with Crippen LogP contribution in [0.15, 0.2) is 54.6 Å². The Morgan fingerprint density at radius 2 is 1.67 bits per heavy atom. The van der Waals surface area contributed by atoms with E-state index in [2.05, 4.69) is 10.9 Å². The lowest BCUT2D eigenvalue weighted by atomic mass is 10.3. The quantitative estimate of drug-likeness (QED) is 0.515. The van der Waals surface area contributed by atoms with Crippen LogP contribution < -0.4 is 20.3 Å². The van der Waals surface area contributed by atoms with Crippen molar-refractivity contribution < 1.29 is 28.2 Å². The molecule has 0 aromatic heterocycles. The van der Waals surface area contributed by atoms with Gasteiger partial charge in [-0.15, -0.1) is 0 Å². The number of benzene rings is 2. The summed E-state index contributed by atoms with van der Waals surface area (Å²) in [6, 6.07) is 14.5. The second kappa shape index (κ2) is 10.8. The first-order valence-corrected chi connectivity index (χ1v) is 8.31. The molecule has 2 N–H and O–H groups in total. The van der Waals surface area contributed by atoms with Gasteiger partial charge in [-0.3, -0.25) is 20.4 Å². The Labute approximate surface area is 156 Å². The summed E-state index contributed by atoms with van der Waals surface area (Å²) in [5.74, 6) is -0.418. The molecule has 2 rings (SSSR count). The van der Waals surface area contributed by atoms with Gasteiger partial charge in [-0.25, -0.2) is 4.39 Å². The molecule has 0 aliphatic rings. The van der Waals surface area contributed by atoms with Gasteiger partial charge in [-0.05, 0) is 43.3 Å². The van der Waals surface area contributed by atoms with E-state index in [0.29, 0.717) is 18.1 Å². The molecule has 7 nitrogen and oxygen atoms in total. The fourth-order valence-electron chi connectivity index (χ4n) is 1.94. The van der Waals surface area contributed by atoms with Gasteiger partial charge in [0.1, 0.15) is 30.5 Å². The molecule has 0 saturated heterocycles. The lowest BCUT2D eigenvalue weighted by Crippen LogP contribution is -2.48. The van der Waals surface area contributed by atoms with Crippen LogP contribution in [0.5, 0.6) is 11.5 Å². The highest BCUT2D eigenvalue weighted by Gasteiger charge is 2.15. The highest BCUT2D eigenvalue weighted by Crippen LogP contribution is 2.12. The molecule has 2 aromatic carbocycles. The molecule has 0 aliphatic carbocycles. The molecule has 0 fully saturated rings. The van der Waals surface area contributed by atoms with Gasteiger partial charge < -0.3 is 14.2 Å². The fourth-order valence-corrected chi connectivity index (χ4v) is 1.94. The van der Waals surface area contributed by atoms with Crippen LogP contribution in [0.1, 0.15) is 6.92 Å². The van der Waals surface area contributed by atoms with E-state index in [-0.39, 0.29) is 13.2 Å². The summed E-state index contributed by atoms with van der Waals surface area (Å²) in [6.45, 7) is 1.79. The molecule has 0 radical (unpaired) electrons. The number of nitrogens with one attached hydrogen (secondary N) is 2. The number of rotatable bonds is 9. The van der Waals surface area contributed by atoms with Gasteiger partial charge >= 0.3 is 0 Å². The zero-order valence-corrected chi connectivity index (χ0v) is 14.8. The van der Waals surface area contributed by atoms with Crippen molar-refractivity contribution in [3.63, 3.8) is 0 Å². The number of carbonyl (C=O) groups excluding carboxylic acids is 2. The molecule has 144 valence electrons. The first-order chi connectivity index (χ1) is 13.0. The van der Waals surface area contributed by atoms with Crippen LogP contribution in [0.4, 0.5) is 4.39 Å².